The summed E-state index contributed by atoms with van der Waals surface area (Å²) in [5, 5.41) is 14.5. The van der Waals surface area contributed by atoms with Gasteiger partial charge in [0, 0.05) is 20.5 Å². The monoisotopic (exact) mass is 298 g/mol. The lowest BCUT2D eigenvalue weighted by atomic mass is 10.1. The SMILES string of the molecule is Cc1nn(C)c(CC(O)c2cncn2C)c1Br. The topological polar surface area (TPSA) is 55.9 Å². The van der Waals surface area contributed by atoms with Crippen LogP contribution in [0.2, 0.25) is 0 Å². The predicted molar refractivity (Wildman–Crippen MR) is 67.5 cm³/mol. The summed E-state index contributed by atoms with van der Waals surface area (Å²) in [5.74, 6) is 0. The Kier molecular flexibility index (Phi) is 3.35. The number of halogens is 1. The maximum absolute atomic E-state index is 10.2. The Balaban J connectivity index is 2.24. The van der Waals surface area contributed by atoms with Crippen molar-refractivity contribution < 1.29 is 5.11 Å². The van der Waals surface area contributed by atoms with Crippen molar-refractivity contribution in [1.82, 2.24) is 19.3 Å². The zero-order valence-corrected chi connectivity index (χ0v) is 11.6. The number of aliphatic hydroxyl groups is 1. The molecule has 0 aliphatic heterocycles. The van der Waals surface area contributed by atoms with Gasteiger partial charge >= 0.3 is 0 Å². The van der Waals surface area contributed by atoms with E-state index in [1.165, 1.54) is 0 Å². The average Bonchev–Trinajstić information content (AvgIpc) is 2.78. The summed E-state index contributed by atoms with van der Waals surface area (Å²) in [6.07, 6.45) is 3.30. The second-order valence-corrected chi connectivity index (χ2v) is 4.91. The lowest BCUT2D eigenvalue weighted by molar-refractivity contribution is 0.167. The van der Waals surface area contributed by atoms with Crippen LogP contribution in [0.3, 0.4) is 0 Å². The van der Waals surface area contributed by atoms with Gasteiger partial charge in [-0.2, -0.15) is 5.10 Å². The Hall–Kier alpha value is -1.14. The van der Waals surface area contributed by atoms with Crippen molar-refractivity contribution in [3.63, 3.8) is 0 Å². The predicted octanol–water partition coefficient (Wildman–Crippen LogP) is 1.50. The first-order valence-electron chi connectivity index (χ1n) is 5.33. The van der Waals surface area contributed by atoms with E-state index in [0.717, 1.165) is 21.6 Å². The first-order chi connectivity index (χ1) is 8.00. The molecule has 0 radical (unpaired) electrons. The zero-order chi connectivity index (χ0) is 12.6. The Labute approximate surface area is 108 Å². The minimum Gasteiger partial charge on any atom is -0.386 e. The second kappa shape index (κ2) is 4.62. The van der Waals surface area contributed by atoms with Gasteiger partial charge in [0.1, 0.15) is 6.10 Å². The number of aliphatic hydroxyl groups excluding tert-OH is 1. The van der Waals surface area contributed by atoms with E-state index in [4.69, 9.17) is 0 Å². The summed E-state index contributed by atoms with van der Waals surface area (Å²) >= 11 is 3.49. The van der Waals surface area contributed by atoms with Gasteiger partial charge < -0.3 is 9.67 Å². The second-order valence-electron chi connectivity index (χ2n) is 4.12. The molecular weight excluding hydrogens is 284 g/mol. The third-order valence-corrected chi connectivity index (χ3v) is 3.88. The molecular formula is C11H15BrN4O. The van der Waals surface area contributed by atoms with Crippen molar-refractivity contribution in [3.8, 4) is 0 Å². The maximum Gasteiger partial charge on any atom is 0.101 e. The molecule has 2 rings (SSSR count). The molecule has 0 fully saturated rings. The van der Waals surface area contributed by atoms with Crippen LogP contribution in [0.15, 0.2) is 17.0 Å². The van der Waals surface area contributed by atoms with E-state index in [1.54, 1.807) is 17.2 Å². The molecule has 0 spiro atoms. The number of hydrogen-bond acceptors (Lipinski definition) is 3. The highest BCUT2D eigenvalue weighted by Gasteiger charge is 2.18. The van der Waals surface area contributed by atoms with Crippen molar-refractivity contribution in [2.24, 2.45) is 14.1 Å². The molecule has 0 aromatic carbocycles. The van der Waals surface area contributed by atoms with E-state index in [1.807, 2.05) is 25.6 Å². The zero-order valence-electron chi connectivity index (χ0n) is 10.1. The Bertz CT molecular complexity index is 532. The van der Waals surface area contributed by atoms with E-state index in [2.05, 4.69) is 26.0 Å². The summed E-state index contributed by atoms with van der Waals surface area (Å²) in [6.45, 7) is 1.93. The third-order valence-electron chi connectivity index (χ3n) is 2.84. The van der Waals surface area contributed by atoms with Crippen LogP contribution in [-0.4, -0.2) is 24.4 Å². The van der Waals surface area contributed by atoms with Crippen molar-refractivity contribution in [2.75, 3.05) is 0 Å². The molecule has 92 valence electrons. The van der Waals surface area contributed by atoms with Crippen LogP contribution in [0.1, 0.15) is 23.2 Å². The first kappa shape index (κ1) is 12.3. The third kappa shape index (κ3) is 2.28. The Morgan fingerprint density at radius 1 is 1.47 bits per heavy atom. The molecule has 0 aliphatic rings. The van der Waals surface area contributed by atoms with Gasteiger partial charge in [-0.25, -0.2) is 4.98 Å². The van der Waals surface area contributed by atoms with E-state index >= 15 is 0 Å². The molecule has 2 aromatic heterocycles. The smallest absolute Gasteiger partial charge is 0.101 e. The van der Waals surface area contributed by atoms with Gasteiger partial charge in [-0.1, -0.05) is 0 Å². The molecule has 1 atom stereocenters. The molecule has 6 heteroatoms. The molecule has 17 heavy (non-hydrogen) atoms. The molecule has 5 nitrogen and oxygen atoms in total. The highest BCUT2D eigenvalue weighted by atomic mass is 79.9. The lowest BCUT2D eigenvalue weighted by Gasteiger charge is -2.11. The van der Waals surface area contributed by atoms with E-state index in [-0.39, 0.29) is 0 Å². The molecule has 0 saturated carbocycles. The Morgan fingerprint density at radius 3 is 2.65 bits per heavy atom. The normalized spacial score (nSPS) is 13.0. The first-order valence-corrected chi connectivity index (χ1v) is 6.12. The molecule has 2 heterocycles. The van der Waals surface area contributed by atoms with Crippen LogP contribution in [0.25, 0.3) is 0 Å². The van der Waals surface area contributed by atoms with Crippen LogP contribution in [-0.2, 0) is 20.5 Å². The fraction of sp³-hybridized carbons (Fsp3) is 0.455. The van der Waals surface area contributed by atoms with Gasteiger partial charge in [-0.15, -0.1) is 0 Å². The Morgan fingerprint density at radius 2 is 2.18 bits per heavy atom. The highest BCUT2D eigenvalue weighted by molar-refractivity contribution is 9.10. The lowest BCUT2D eigenvalue weighted by Crippen LogP contribution is -2.10. The van der Waals surface area contributed by atoms with Gasteiger partial charge in [-0.05, 0) is 22.9 Å². The van der Waals surface area contributed by atoms with Crippen molar-refractivity contribution >= 4 is 15.9 Å². The summed E-state index contributed by atoms with van der Waals surface area (Å²) in [6, 6.07) is 0. The fourth-order valence-corrected chi connectivity index (χ4v) is 2.38. The van der Waals surface area contributed by atoms with Crippen LogP contribution in [0, 0.1) is 6.92 Å². The van der Waals surface area contributed by atoms with Crippen LogP contribution < -0.4 is 0 Å². The minimum atomic E-state index is -0.575. The molecule has 0 saturated heterocycles. The molecule has 0 amide bonds. The number of aromatic nitrogens is 4. The van der Waals surface area contributed by atoms with Crippen LogP contribution in [0.5, 0.6) is 0 Å². The van der Waals surface area contributed by atoms with Crippen molar-refractivity contribution in [1.29, 1.82) is 0 Å². The number of aryl methyl sites for hydroxylation is 3. The summed E-state index contributed by atoms with van der Waals surface area (Å²) in [7, 11) is 3.75. The molecule has 0 bridgehead atoms. The fourth-order valence-electron chi connectivity index (χ4n) is 1.88. The van der Waals surface area contributed by atoms with Crippen molar-refractivity contribution in [3.05, 3.63) is 34.1 Å². The largest absolute Gasteiger partial charge is 0.386 e. The van der Waals surface area contributed by atoms with Crippen LogP contribution in [0.4, 0.5) is 0 Å². The van der Waals surface area contributed by atoms with E-state index in [0.29, 0.717) is 6.42 Å². The number of nitrogens with zero attached hydrogens (tertiary/aromatic N) is 4. The standard InChI is InChI=1S/C11H15BrN4O/c1-7-11(12)8(16(3)14-7)4-10(17)9-5-13-6-15(9)2/h5-6,10,17H,4H2,1-3H3. The van der Waals surface area contributed by atoms with Gasteiger partial charge in [-0.3, -0.25) is 4.68 Å². The molecule has 1 N–H and O–H groups in total. The van der Waals surface area contributed by atoms with Gasteiger partial charge in [0.25, 0.3) is 0 Å². The molecule has 1 unspecified atom stereocenters. The summed E-state index contributed by atoms with van der Waals surface area (Å²) in [4.78, 5) is 4.00. The minimum absolute atomic E-state index is 0.511. The molecule has 0 aliphatic carbocycles. The van der Waals surface area contributed by atoms with Crippen LogP contribution >= 0.6 is 15.9 Å². The van der Waals surface area contributed by atoms with Gasteiger partial charge in [0.05, 0.1) is 34.1 Å². The molecule has 2 aromatic rings. The van der Waals surface area contributed by atoms with Gasteiger partial charge in [0.15, 0.2) is 0 Å². The maximum atomic E-state index is 10.2. The highest BCUT2D eigenvalue weighted by Crippen LogP contribution is 2.25. The van der Waals surface area contributed by atoms with Gasteiger partial charge in [0.2, 0.25) is 0 Å². The van der Waals surface area contributed by atoms with Crippen molar-refractivity contribution in [2.45, 2.75) is 19.4 Å². The quantitative estimate of drug-likeness (QED) is 0.934. The summed E-state index contributed by atoms with van der Waals surface area (Å²) < 4.78 is 4.57. The number of rotatable bonds is 3. The number of hydrogen-bond donors (Lipinski definition) is 1. The average molecular weight is 299 g/mol. The summed E-state index contributed by atoms with van der Waals surface area (Å²) in [5.41, 5.74) is 2.71. The number of imidazole rings is 1. The van der Waals surface area contributed by atoms with E-state index < -0.39 is 6.10 Å². The van der Waals surface area contributed by atoms with E-state index in [9.17, 15) is 5.11 Å².